The average molecular weight is 269 g/mol. The minimum Gasteiger partial charge on any atom is -0.397 e. The number of hydrogen-bond donors (Lipinski definition) is 2. The van der Waals surface area contributed by atoms with E-state index >= 15 is 0 Å². The van der Waals surface area contributed by atoms with Crippen molar-refractivity contribution in [2.24, 2.45) is 5.92 Å². The maximum Gasteiger partial charge on any atom is 0.321 e. The fourth-order valence-electron chi connectivity index (χ4n) is 2.25. The van der Waals surface area contributed by atoms with Crippen LogP contribution >= 0.6 is 0 Å². The summed E-state index contributed by atoms with van der Waals surface area (Å²) in [5.74, 6) is -1.75. The molecule has 0 spiro atoms. The minimum atomic E-state index is -1.13. The fourth-order valence-corrected chi connectivity index (χ4v) is 2.25. The number of nitrogens with zero attached hydrogens (tertiary/aromatic N) is 1. The van der Waals surface area contributed by atoms with Gasteiger partial charge in [0.05, 0.1) is 5.69 Å². The number of piperidine rings is 1. The Bertz CT molecular complexity index is 493. The molecule has 1 saturated heterocycles. The van der Waals surface area contributed by atoms with Gasteiger partial charge in [-0.25, -0.2) is 13.6 Å². The molecule has 3 N–H and O–H groups in total. The van der Waals surface area contributed by atoms with Crippen LogP contribution in [0, 0.1) is 17.6 Å². The van der Waals surface area contributed by atoms with E-state index in [4.69, 9.17) is 5.73 Å². The molecular weight excluding hydrogens is 252 g/mol. The average Bonchev–Trinajstić information content (AvgIpc) is 2.39. The summed E-state index contributed by atoms with van der Waals surface area (Å²) >= 11 is 0. The Morgan fingerprint density at radius 1 is 1.47 bits per heavy atom. The SMILES string of the molecule is CC1CCCN(C(=O)Nc2c(N)ccc(F)c2F)C1. The van der Waals surface area contributed by atoms with Gasteiger partial charge in [0.15, 0.2) is 11.6 Å². The summed E-state index contributed by atoms with van der Waals surface area (Å²) in [4.78, 5) is 13.6. The first kappa shape index (κ1) is 13.6. The Balaban J connectivity index is 2.13. The maximum atomic E-state index is 13.6. The number of carbonyl (C=O) groups excluding carboxylic acids is 1. The van der Waals surface area contributed by atoms with Crippen molar-refractivity contribution in [3.63, 3.8) is 0 Å². The van der Waals surface area contributed by atoms with Crippen molar-refractivity contribution in [3.8, 4) is 0 Å². The zero-order valence-electron chi connectivity index (χ0n) is 10.7. The zero-order valence-corrected chi connectivity index (χ0v) is 10.7. The van der Waals surface area contributed by atoms with E-state index in [2.05, 4.69) is 12.2 Å². The van der Waals surface area contributed by atoms with Gasteiger partial charge in [-0.3, -0.25) is 0 Å². The van der Waals surface area contributed by atoms with Crippen LogP contribution in [0.25, 0.3) is 0 Å². The smallest absolute Gasteiger partial charge is 0.321 e. The van der Waals surface area contributed by atoms with Crippen molar-refractivity contribution in [2.75, 3.05) is 24.1 Å². The highest BCUT2D eigenvalue weighted by atomic mass is 19.2. The number of nitrogen functional groups attached to an aromatic ring is 1. The van der Waals surface area contributed by atoms with E-state index in [9.17, 15) is 13.6 Å². The molecule has 1 aliphatic heterocycles. The molecule has 0 saturated carbocycles. The molecule has 1 aliphatic rings. The number of nitrogens with one attached hydrogen (secondary N) is 1. The number of urea groups is 1. The molecule has 2 amide bonds. The third kappa shape index (κ3) is 2.94. The van der Waals surface area contributed by atoms with Gasteiger partial charge in [-0.2, -0.15) is 0 Å². The van der Waals surface area contributed by atoms with Gasteiger partial charge in [0, 0.05) is 13.1 Å². The van der Waals surface area contributed by atoms with Crippen molar-refractivity contribution >= 4 is 17.4 Å². The van der Waals surface area contributed by atoms with Crippen LogP contribution in [-0.4, -0.2) is 24.0 Å². The molecule has 1 aromatic rings. The van der Waals surface area contributed by atoms with Gasteiger partial charge in [-0.1, -0.05) is 6.92 Å². The molecule has 0 bridgehead atoms. The highest BCUT2D eigenvalue weighted by Crippen LogP contribution is 2.25. The van der Waals surface area contributed by atoms with Crippen molar-refractivity contribution in [1.82, 2.24) is 4.90 Å². The Morgan fingerprint density at radius 2 is 2.21 bits per heavy atom. The Labute approximate surface area is 110 Å². The van der Waals surface area contributed by atoms with Crippen LogP contribution in [0.5, 0.6) is 0 Å². The molecule has 0 aliphatic carbocycles. The molecule has 104 valence electrons. The number of halogens is 2. The largest absolute Gasteiger partial charge is 0.397 e. The highest BCUT2D eigenvalue weighted by molar-refractivity contribution is 5.92. The van der Waals surface area contributed by atoms with Crippen LogP contribution in [-0.2, 0) is 0 Å². The van der Waals surface area contributed by atoms with Crippen LogP contribution in [0.2, 0.25) is 0 Å². The molecule has 1 aromatic carbocycles. The second-order valence-electron chi connectivity index (χ2n) is 4.95. The third-order valence-electron chi connectivity index (χ3n) is 3.30. The number of anilines is 2. The number of benzene rings is 1. The summed E-state index contributed by atoms with van der Waals surface area (Å²) in [6.07, 6.45) is 1.98. The van der Waals surface area contributed by atoms with Crippen LogP contribution < -0.4 is 11.1 Å². The first-order valence-corrected chi connectivity index (χ1v) is 6.28. The molecule has 4 nitrogen and oxygen atoms in total. The Morgan fingerprint density at radius 3 is 2.89 bits per heavy atom. The minimum absolute atomic E-state index is 0.0114. The van der Waals surface area contributed by atoms with E-state index in [0.29, 0.717) is 19.0 Å². The molecule has 1 fully saturated rings. The van der Waals surface area contributed by atoms with Crippen LogP contribution in [0.1, 0.15) is 19.8 Å². The molecule has 19 heavy (non-hydrogen) atoms. The van der Waals surface area contributed by atoms with E-state index in [0.717, 1.165) is 18.9 Å². The topological polar surface area (TPSA) is 58.4 Å². The quantitative estimate of drug-likeness (QED) is 0.770. The molecule has 1 heterocycles. The van der Waals surface area contributed by atoms with Gasteiger partial charge in [0.2, 0.25) is 0 Å². The summed E-state index contributed by atoms with van der Waals surface area (Å²) < 4.78 is 26.7. The monoisotopic (exact) mass is 269 g/mol. The first-order valence-electron chi connectivity index (χ1n) is 6.28. The normalized spacial score (nSPS) is 19.3. The second-order valence-corrected chi connectivity index (χ2v) is 4.95. The lowest BCUT2D eigenvalue weighted by Gasteiger charge is -2.31. The lowest BCUT2D eigenvalue weighted by atomic mass is 10.0. The van der Waals surface area contributed by atoms with Crippen molar-refractivity contribution in [2.45, 2.75) is 19.8 Å². The number of carbonyl (C=O) groups is 1. The van der Waals surface area contributed by atoms with Gasteiger partial charge in [0.25, 0.3) is 0 Å². The number of likely N-dealkylation sites (tertiary alicyclic amines) is 1. The van der Waals surface area contributed by atoms with Gasteiger partial charge < -0.3 is 16.0 Å². The van der Waals surface area contributed by atoms with Crippen LogP contribution in [0.15, 0.2) is 12.1 Å². The third-order valence-corrected chi connectivity index (χ3v) is 3.30. The summed E-state index contributed by atoms with van der Waals surface area (Å²) in [5.41, 5.74) is 5.28. The highest BCUT2D eigenvalue weighted by Gasteiger charge is 2.23. The number of amides is 2. The second kappa shape index (κ2) is 5.42. The van der Waals surface area contributed by atoms with E-state index in [1.54, 1.807) is 4.90 Å². The van der Waals surface area contributed by atoms with E-state index < -0.39 is 17.7 Å². The van der Waals surface area contributed by atoms with Crippen molar-refractivity contribution < 1.29 is 13.6 Å². The predicted octanol–water partition coefficient (Wildman–Crippen LogP) is 2.81. The van der Waals surface area contributed by atoms with Gasteiger partial charge in [-0.05, 0) is 30.9 Å². The van der Waals surface area contributed by atoms with Gasteiger partial charge in [0.1, 0.15) is 5.69 Å². The van der Waals surface area contributed by atoms with E-state index in [1.165, 1.54) is 6.07 Å². The van der Waals surface area contributed by atoms with Crippen LogP contribution in [0.4, 0.5) is 25.0 Å². The molecular formula is C13H17F2N3O. The van der Waals surface area contributed by atoms with E-state index in [1.807, 2.05) is 0 Å². The zero-order chi connectivity index (χ0) is 14.0. The molecule has 6 heteroatoms. The first-order chi connectivity index (χ1) is 8.99. The number of rotatable bonds is 1. The molecule has 0 aromatic heterocycles. The Kier molecular flexibility index (Phi) is 3.87. The lowest BCUT2D eigenvalue weighted by molar-refractivity contribution is 0.182. The summed E-state index contributed by atoms with van der Waals surface area (Å²) in [6, 6.07) is 1.72. The fraction of sp³-hybridized carbons (Fsp3) is 0.462. The number of hydrogen-bond acceptors (Lipinski definition) is 2. The number of nitrogens with two attached hydrogens (primary N) is 1. The maximum absolute atomic E-state index is 13.6. The predicted molar refractivity (Wildman–Crippen MR) is 69.8 cm³/mol. The standard InChI is InChI=1S/C13H17F2N3O/c1-8-3-2-6-18(7-8)13(19)17-12-10(16)5-4-9(14)11(12)15/h4-5,8H,2-3,6-7,16H2,1H3,(H,17,19). The molecule has 1 atom stereocenters. The van der Waals surface area contributed by atoms with Gasteiger partial charge >= 0.3 is 6.03 Å². The molecule has 1 unspecified atom stereocenters. The van der Waals surface area contributed by atoms with Crippen LogP contribution in [0.3, 0.4) is 0 Å². The summed E-state index contributed by atoms with van der Waals surface area (Å²) in [5, 5.41) is 2.36. The molecule has 2 rings (SSSR count). The summed E-state index contributed by atoms with van der Waals surface area (Å²) in [7, 11) is 0. The van der Waals surface area contributed by atoms with Crippen molar-refractivity contribution in [3.05, 3.63) is 23.8 Å². The van der Waals surface area contributed by atoms with Gasteiger partial charge in [-0.15, -0.1) is 0 Å². The molecule has 0 radical (unpaired) electrons. The van der Waals surface area contributed by atoms with Crippen molar-refractivity contribution in [1.29, 1.82) is 0 Å². The van der Waals surface area contributed by atoms with E-state index in [-0.39, 0.29) is 11.4 Å². The Hall–Kier alpha value is -1.85. The lowest BCUT2D eigenvalue weighted by Crippen LogP contribution is -2.41. The summed E-state index contributed by atoms with van der Waals surface area (Å²) in [6.45, 7) is 3.28.